The first-order valence-corrected chi connectivity index (χ1v) is 12.4. The topological polar surface area (TPSA) is 0 Å². The fourth-order valence-electron chi connectivity index (χ4n) is 4.14. The Kier molecular flexibility index (Phi) is 8.02. The lowest BCUT2D eigenvalue weighted by molar-refractivity contribution is -0.00000574. The third-order valence-electron chi connectivity index (χ3n) is 5.57. The van der Waals surface area contributed by atoms with E-state index in [1.54, 1.807) is 0 Å². The Morgan fingerprint density at radius 3 is 1.23 bits per heavy atom. The molecule has 0 unspecified atom stereocenters. The maximum Gasteiger partial charge on any atom is 0.116 e. The molecule has 0 saturated carbocycles. The lowest BCUT2D eigenvalue weighted by Crippen LogP contribution is -3.00. The van der Waals surface area contributed by atoms with E-state index in [9.17, 15) is 0 Å². The summed E-state index contributed by atoms with van der Waals surface area (Å²) in [6.07, 6.45) is 3.38. The van der Waals surface area contributed by atoms with Gasteiger partial charge in [-0.25, -0.2) is 0 Å². The summed E-state index contributed by atoms with van der Waals surface area (Å²) in [4.78, 5) is 0. The van der Waals surface area contributed by atoms with Gasteiger partial charge in [0.25, 0.3) is 0 Å². The predicted molar refractivity (Wildman–Crippen MR) is 129 cm³/mol. The molecule has 0 radical (unpaired) electrons. The van der Waals surface area contributed by atoms with Gasteiger partial charge in [0.2, 0.25) is 0 Å². The van der Waals surface area contributed by atoms with Crippen LogP contribution >= 0.6 is 7.26 Å². The first-order chi connectivity index (χ1) is 14.3. The highest BCUT2D eigenvalue weighted by Crippen LogP contribution is 2.58. The molecule has 0 saturated heterocycles. The van der Waals surface area contributed by atoms with Crippen LogP contribution in [-0.4, -0.2) is 0 Å². The Morgan fingerprint density at radius 2 is 0.867 bits per heavy atom. The number of hydrogen-bond donors (Lipinski definition) is 0. The molecule has 0 amide bonds. The van der Waals surface area contributed by atoms with Crippen LogP contribution in [0, 0.1) is 0 Å². The molecule has 0 aliphatic rings. The lowest BCUT2D eigenvalue weighted by atomic mass is 10.1. The lowest BCUT2D eigenvalue weighted by Gasteiger charge is -2.28. The van der Waals surface area contributed by atoms with Crippen LogP contribution in [0.1, 0.15) is 24.5 Å². The fraction of sp³-hybridized carbons (Fsp3) is 0.143. The van der Waals surface area contributed by atoms with Crippen molar-refractivity contribution in [2.75, 3.05) is 0 Å². The molecule has 4 aromatic carbocycles. The van der Waals surface area contributed by atoms with E-state index < -0.39 is 7.26 Å². The van der Waals surface area contributed by atoms with Gasteiger partial charge in [-0.05, 0) is 53.9 Å². The quantitative estimate of drug-likeness (QED) is 0.361. The van der Waals surface area contributed by atoms with Gasteiger partial charge in [-0.1, -0.05) is 92.2 Å². The second kappa shape index (κ2) is 10.7. The van der Waals surface area contributed by atoms with Crippen molar-refractivity contribution < 1.29 is 17.0 Å². The van der Waals surface area contributed by atoms with Crippen LogP contribution in [0.4, 0.5) is 0 Å². The zero-order valence-electron chi connectivity index (χ0n) is 17.4. The van der Waals surface area contributed by atoms with E-state index >= 15 is 0 Å². The molecule has 0 heterocycles. The van der Waals surface area contributed by atoms with Crippen molar-refractivity contribution in [1.82, 2.24) is 0 Å². The van der Waals surface area contributed by atoms with E-state index in [0.717, 1.165) is 12.6 Å². The average Bonchev–Trinajstić information content (AvgIpc) is 2.80. The molecule has 30 heavy (non-hydrogen) atoms. The zero-order chi connectivity index (χ0) is 19.9. The Morgan fingerprint density at radius 1 is 0.500 bits per heavy atom. The SMILES string of the molecule is CCCc1ccc(C[P+](c2ccccc2)(c2ccccc2)c2ccccc2)cc1.[Br-]. The van der Waals surface area contributed by atoms with E-state index in [0.29, 0.717) is 0 Å². The molecule has 0 aromatic heterocycles. The minimum Gasteiger partial charge on any atom is -1.00 e. The number of halogens is 1. The minimum absolute atomic E-state index is 0. The molecule has 0 aliphatic heterocycles. The minimum atomic E-state index is -1.81. The first kappa shape index (κ1) is 22.5. The summed E-state index contributed by atoms with van der Waals surface area (Å²) in [6, 6.07) is 42.7. The van der Waals surface area contributed by atoms with Gasteiger partial charge >= 0.3 is 0 Å². The third-order valence-corrected chi connectivity index (χ3v) is 9.95. The van der Waals surface area contributed by atoms with Crippen LogP contribution in [0.25, 0.3) is 0 Å². The highest BCUT2D eigenvalue weighted by Gasteiger charge is 2.45. The first-order valence-electron chi connectivity index (χ1n) is 10.5. The summed E-state index contributed by atoms with van der Waals surface area (Å²) in [6.45, 7) is 2.24. The van der Waals surface area contributed by atoms with Crippen LogP contribution in [0.5, 0.6) is 0 Å². The number of rotatable bonds is 7. The van der Waals surface area contributed by atoms with Gasteiger partial charge < -0.3 is 17.0 Å². The summed E-state index contributed by atoms with van der Waals surface area (Å²) >= 11 is 0. The van der Waals surface area contributed by atoms with Gasteiger partial charge in [-0.3, -0.25) is 0 Å². The Balaban J connectivity index is 0.00000256. The molecule has 152 valence electrons. The summed E-state index contributed by atoms with van der Waals surface area (Å²) in [7, 11) is -1.81. The van der Waals surface area contributed by atoms with E-state index in [-0.39, 0.29) is 17.0 Å². The Hall–Kier alpha value is -2.21. The van der Waals surface area contributed by atoms with E-state index in [4.69, 9.17) is 0 Å². The normalized spacial score (nSPS) is 11.0. The maximum absolute atomic E-state index is 2.34. The standard InChI is InChI=1S/C28H28P.BrH/c1-2-12-24-19-21-25(22-20-24)23-29(26-13-6-3-7-14-26,27-15-8-4-9-16-27)28-17-10-5-11-18-28;/h3-11,13-22H,2,12,23H2,1H3;1H/q+1;/p-1. The smallest absolute Gasteiger partial charge is 0.116 e. The van der Waals surface area contributed by atoms with Gasteiger partial charge in [0.1, 0.15) is 23.2 Å². The van der Waals surface area contributed by atoms with Crippen molar-refractivity contribution in [3.63, 3.8) is 0 Å². The molecule has 2 heteroatoms. The van der Waals surface area contributed by atoms with Gasteiger partial charge in [0.05, 0.1) is 6.16 Å². The number of hydrogen-bond acceptors (Lipinski definition) is 0. The second-order valence-corrected chi connectivity index (χ2v) is 11.0. The van der Waals surface area contributed by atoms with Crippen molar-refractivity contribution in [3.8, 4) is 0 Å². The van der Waals surface area contributed by atoms with Crippen LogP contribution in [-0.2, 0) is 12.6 Å². The summed E-state index contributed by atoms with van der Waals surface area (Å²) in [5.41, 5.74) is 2.84. The second-order valence-electron chi connectivity index (χ2n) is 7.54. The zero-order valence-corrected chi connectivity index (χ0v) is 19.9. The summed E-state index contributed by atoms with van der Waals surface area (Å²) in [5, 5.41) is 4.32. The molecular formula is C28H28BrP. The van der Waals surface area contributed by atoms with E-state index in [1.807, 2.05) is 0 Å². The number of benzene rings is 4. The van der Waals surface area contributed by atoms with Crippen LogP contribution in [0.2, 0.25) is 0 Å². The fourth-order valence-corrected chi connectivity index (χ4v) is 8.39. The van der Waals surface area contributed by atoms with Crippen molar-refractivity contribution >= 4 is 23.2 Å². The van der Waals surface area contributed by atoms with Gasteiger partial charge in [0, 0.05) is 0 Å². The van der Waals surface area contributed by atoms with Crippen molar-refractivity contribution in [1.29, 1.82) is 0 Å². The van der Waals surface area contributed by atoms with Gasteiger partial charge in [-0.15, -0.1) is 0 Å². The molecule has 0 fully saturated rings. The van der Waals surface area contributed by atoms with Crippen molar-refractivity contribution in [2.45, 2.75) is 25.9 Å². The summed E-state index contributed by atoms with van der Waals surface area (Å²) in [5.74, 6) is 0. The molecule has 0 spiro atoms. The van der Waals surface area contributed by atoms with Crippen molar-refractivity contribution in [2.24, 2.45) is 0 Å². The molecule has 0 atom stereocenters. The number of aryl methyl sites for hydroxylation is 1. The predicted octanol–water partition coefficient (Wildman–Crippen LogP) is 3.14. The molecule has 4 aromatic rings. The van der Waals surface area contributed by atoms with Crippen molar-refractivity contribution in [3.05, 3.63) is 126 Å². The third kappa shape index (κ3) is 4.75. The monoisotopic (exact) mass is 474 g/mol. The largest absolute Gasteiger partial charge is 1.00 e. The van der Waals surface area contributed by atoms with E-state index in [1.165, 1.54) is 33.5 Å². The molecule has 0 aliphatic carbocycles. The molecule has 4 rings (SSSR count). The van der Waals surface area contributed by atoms with E-state index in [2.05, 4.69) is 122 Å². The molecule has 0 N–H and O–H groups in total. The highest BCUT2D eigenvalue weighted by molar-refractivity contribution is 7.95. The molecule has 0 bridgehead atoms. The van der Waals surface area contributed by atoms with Crippen LogP contribution < -0.4 is 32.9 Å². The molecular weight excluding hydrogens is 447 g/mol. The van der Waals surface area contributed by atoms with Gasteiger partial charge in [0.15, 0.2) is 0 Å². The maximum atomic E-state index is 2.34. The Labute approximate surface area is 192 Å². The average molecular weight is 475 g/mol. The Bertz CT molecular complexity index is 916. The highest BCUT2D eigenvalue weighted by atomic mass is 79.9. The molecule has 0 nitrogen and oxygen atoms in total. The summed E-state index contributed by atoms with van der Waals surface area (Å²) < 4.78 is 0. The van der Waals surface area contributed by atoms with Crippen LogP contribution in [0.15, 0.2) is 115 Å². The van der Waals surface area contributed by atoms with Gasteiger partial charge in [-0.2, -0.15) is 0 Å². The van der Waals surface area contributed by atoms with Crippen LogP contribution in [0.3, 0.4) is 0 Å².